The topological polar surface area (TPSA) is 85.5 Å². The summed E-state index contributed by atoms with van der Waals surface area (Å²) in [5, 5.41) is 14.8. The molecule has 0 unspecified atom stereocenters. The minimum atomic E-state index is -0.276. The zero-order valence-corrected chi connectivity index (χ0v) is 23.9. The third-order valence-corrected chi connectivity index (χ3v) is 7.93. The van der Waals surface area contributed by atoms with Gasteiger partial charge in [0.2, 0.25) is 0 Å². The summed E-state index contributed by atoms with van der Waals surface area (Å²) in [5.41, 5.74) is 3.19. The van der Waals surface area contributed by atoms with Gasteiger partial charge < -0.3 is 25.2 Å². The summed E-state index contributed by atoms with van der Waals surface area (Å²) in [6.45, 7) is 3.20. The van der Waals surface area contributed by atoms with Gasteiger partial charge in [-0.15, -0.1) is 0 Å². The minimum absolute atomic E-state index is 0.233. The van der Waals surface area contributed by atoms with Crippen LogP contribution < -0.4 is 15.5 Å². The Morgan fingerprint density at radius 3 is 2.62 bits per heavy atom. The van der Waals surface area contributed by atoms with Crippen LogP contribution in [0.5, 0.6) is 0 Å². The number of likely N-dealkylation sites (N-methyl/N-ethyl adjacent to an activating group) is 2. The molecule has 1 aliphatic rings. The van der Waals surface area contributed by atoms with Crippen LogP contribution in [-0.2, 0) is 4.74 Å². The highest BCUT2D eigenvalue weighted by atomic mass is 32.2. The molecule has 4 aromatic rings. The molecule has 0 aliphatic carbocycles. The van der Waals surface area contributed by atoms with Gasteiger partial charge in [0.15, 0.2) is 5.82 Å². The van der Waals surface area contributed by atoms with Crippen molar-refractivity contribution < 1.29 is 13.9 Å². The molecule has 0 atom stereocenters. The van der Waals surface area contributed by atoms with Crippen LogP contribution in [-0.4, -0.2) is 74.5 Å². The number of carbonyl (C=O) groups excluding carboxylic acids is 1. The van der Waals surface area contributed by atoms with Crippen LogP contribution in [0.2, 0.25) is 0 Å². The van der Waals surface area contributed by atoms with E-state index in [1.165, 1.54) is 23.9 Å². The average Bonchev–Trinajstić information content (AvgIpc) is 3.34. The van der Waals surface area contributed by atoms with E-state index >= 15 is 0 Å². The second-order valence-corrected chi connectivity index (χ2v) is 11.4. The van der Waals surface area contributed by atoms with Crippen LogP contribution in [0.1, 0.15) is 23.2 Å². The number of hydrogen-bond donors (Lipinski definition) is 3. The number of halogens is 1. The largest absolute Gasteiger partial charge is 0.381 e. The summed E-state index contributed by atoms with van der Waals surface area (Å²) in [6, 6.07) is 18.4. The summed E-state index contributed by atoms with van der Waals surface area (Å²) >= 11 is 1.45. The maximum atomic E-state index is 13.7. The summed E-state index contributed by atoms with van der Waals surface area (Å²) in [4.78, 5) is 19.7. The standard InChI is InChI=1S/C30H35FN6O2S/c1-36(2)13-14-37(3)22-7-9-25(28(18-22)32-21-11-15-39-16-12-21)30(38)33-29-26-19-24(8-10-27(26)34-35-29)40-23-6-4-5-20(31)17-23/h4-10,17-19,21,32H,11-16H2,1-3H3,(H2,33,34,35,38). The van der Waals surface area contributed by atoms with E-state index in [4.69, 9.17) is 4.74 Å². The number of hydrogen-bond acceptors (Lipinski definition) is 7. The molecule has 2 heterocycles. The van der Waals surface area contributed by atoms with Gasteiger partial charge in [-0.25, -0.2) is 4.39 Å². The Morgan fingerprint density at radius 1 is 1.05 bits per heavy atom. The van der Waals surface area contributed by atoms with Crippen molar-refractivity contribution in [2.45, 2.75) is 28.7 Å². The number of H-pyrrole nitrogens is 1. The van der Waals surface area contributed by atoms with Crippen molar-refractivity contribution in [1.29, 1.82) is 0 Å². The molecular weight excluding hydrogens is 527 g/mol. The van der Waals surface area contributed by atoms with Gasteiger partial charge in [-0.3, -0.25) is 9.89 Å². The van der Waals surface area contributed by atoms with Crippen LogP contribution in [0.3, 0.4) is 0 Å². The van der Waals surface area contributed by atoms with E-state index in [1.807, 2.05) is 36.4 Å². The average molecular weight is 563 g/mol. The first-order valence-corrected chi connectivity index (χ1v) is 14.2. The molecule has 40 heavy (non-hydrogen) atoms. The van der Waals surface area contributed by atoms with Crippen molar-refractivity contribution in [2.24, 2.45) is 0 Å². The second-order valence-electron chi connectivity index (χ2n) is 10.3. The Hall–Kier alpha value is -3.60. The first-order chi connectivity index (χ1) is 19.4. The van der Waals surface area contributed by atoms with Crippen LogP contribution >= 0.6 is 11.8 Å². The van der Waals surface area contributed by atoms with Crippen molar-refractivity contribution in [2.75, 3.05) is 63.0 Å². The number of fused-ring (bicyclic) bond motifs is 1. The number of benzene rings is 3. The number of ether oxygens (including phenoxy) is 1. The van der Waals surface area contributed by atoms with Gasteiger partial charge in [0, 0.05) is 65.9 Å². The van der Waals surface area contributed by atoms with Crippen LogP contribution in [0.4, 0.5) is 21.6 Å². The molecule has 1 saturated heterocycles. The highest BCUT2D eigenvalue weighted by Gasteiger charge is 2.20. The highest BCUT2D eigenvalue weighted by Crippen LogP contribution is 2.33. The Balaban J connectivity index is 1.39. The summed E-state index contributed by atoms with van der Waals surface area (Å²) in [6.07, 6.45) is 1.77. The van der Waals surface area contributed by atoms with Gasteiger partial charge in [-0.2, -0.15) is 5.10 Å². The second kappa shape index (κ2) is 12.7. The summed E-state index contributed by atoms with van der Waals surface area (Å²) in [5.74, 6) is -0.0676. The smallest absolute Gasteiger partial charge is 0.258 e. The van der Waals surface area contributed by atoms with Crippen molar-refractivity contribution >= 4 is 45.8 Å². The lowest BCUT2D eigenvalue weighted by Crippen LogP contribution is -2.30. The normalized spacial score (nSPS) is 14.0. The maximum absolute atomic E-state index is 13.7. The predicted molar refractivity (Wildman–Crippen MR) is 160 cm³/mol. The van der Waals surface area contributed by atoms with Gasteiger partial charge >= 0.3 is 0 Å². The van der Waals surface area contributed by atoms with Crippen LogP contribution in [0.25, 0.3) is 10.9 Å². The Bertz CT molecular complexity index is 1470. The first kappa shape index (κ1) is 27.9. The minimum Gasteiger partial charge on any atom is -0.381 e. The molecule has 10 heteroatoms. The summed E-state index contributed by atoms with van der Waals surface area (Å²) in [7, 11) is 6.18. The Morgan fingerprint density at radius 2 is 1.85 bits per heavy atom. The van der Waals surface area contributed by atoms with Crippen LogP contribution in [0, 0.1) is 5.82 Å². The zero-order valence-electron chi connectivity index (χ0n) is 23.0. The molecule has 1 aromatic heterocycles. The fraction of sp³-hybridized carbons (Fsp3) is 0.333. The lowest BCUT2D eigenvalue weighted by Gasteiger charge is -2.27. The molecule has 1 aliphatic heterocycles. The summed E-state index contributed by atoms with van der Waals surface area (Å²) < 4.78 is 19.2. The molecule has 210 valence electrons. The molecule has 1 fully saturated rings. The van der Waals surface area contributed by atoms with E-state index in [2.05, 4.69) is 57.8 Å². The van der Waals surface area contributed by atoms with Gasteiger partial charge in [0.25, 0.3) is 5.91 Å². The van der Waals surface area contributed by atoms with Crippen molar-refractivity contribution in [3.8, 4) is 0 Å². The molecule has 5 rings (SSSR count). The quantitative estimate of drug-likeness (QED) is 0.229. The number of nitrogens with one attached hydrogen (secondary N) is 3. The predicted octanol–water partition coefficient (Wildman–Crippen LogP) is 5.69. The highest BCUT2D eigenvalue weighted by molar-refractivity contribution is 7.99. The molecule has 3 aromatic carbocycles. The van der Waals surface area contributed by atoms with E-state index in [0.717, 1.165) is 58.0 Å². The van der Waals surface area contributed by atoms with Crippen LogP contribution in [0.15, 0.2) is 70.5 Å². The van der Waals surface area contributed by atoms with Gasteiger partial charge in [-0.05, 0) is 81.5 Å². The zero-order chi connectivity index (χ0) is 28.1. The molecule has 0 bridgehead atoms. The maximum Gasteiger partial charge on any atom is 0.258 e. The Labute approximate surface area is 238 Å². The fourth-order valence-electron chi connectivity index (χ4n) is 4.62. The lowest BCUT2D eigenvalue weighted by molar-refractivity contribution is 0.0904. The van der Waals surface area contributed by atoms with Crippen molar-refractivity contribution in [3.63, 3.8) is 0 Å². The number of anilines is 3. The fourth-order valence-corrected chi connectivity index (χ4v) is 5.52. The third kappa shape index (κ3) is 6.93. The number of aromatic nitrogens is 2. The first-order valence-electron chi connectivity index (χ1n) is 13.4. The van der Waals surface area contributed by atoms with Crippen molar-refractivity contribution in [1.82, 2.24) is 15.1 Å². The van der Waals surface area contributed by atoms with Gasteiger partial charge in [0.1, 0.15) is 5.82 Å². The number of amides is 1. The lowest BCUT2D eigenvalue weighted by atomic mass is 10.1. The number of rotatable bonds is 10. The Kier molecular flexibility index (Phi) is 8.88. The number of aromatic amines is 1. The molecule has 3 N–H and O–H groups in total. The van der Waals surface area contributed by atoms with E-state index in [0.29, 0.717) is 24.6 Å². The van der Waals surface area contributed by atoms with E-state index in [1.54, 1.807) is 6.07 Å². The molecule has 8 nitrogen and oxygen atoms in total. The third-order valence-electron chi connectivity index (χ3n) is 6.95. The van der Waals surface area contributed by atoms with E-state index in [-0.39, 0.29) is 17.8 Å². The van der Waals surface area contributed by atoms with Gasteiger partial charge in [-0.1, -0.05) is 17.8 Å². The van der Waals surface area contributed by atoms with E-state index < -0.39 is 0 Å². The monoisotopic (exact) mass is 562 g/mol. The molecule has 0 radical (unpaired) electrons. The molecular formula is C30H35FN6O2S. The number of carbonyl (C=O) groups is 1. The number of nitrogens with zero attached hydrogens (tertiary/aromatic N) is 3. The van der Waals surface area contributed by atoms with E-state index in [9.17, 15) is 9.18 Å². The van der Waals surface area contributed by atoms with Gasteiger partial charge in [0.05, 0.1) is 11.1 Å². The molecule has 0 saturated carbocycles. The van der Waals surface area contributed by atoms with Crippen molar-refractivity contribution in [3.05, 3.63) is 72.0 Å². The molecule has 1 amide bonds. The molecule has 0 spiro atoms. The SMILES string of the molecule is CN(C)CCN(C)c1ccc(C(=O)Nc2n[nH]c3ccc(Sc4cccc(F)c4)cc23)c(NC2CCOCC2)c1.